The summed E-state index contributed by atoms with van der Waals surface area (Å²) in [7, 11) is 1.58. The molecule has 2 aromatic carbocycles. The van der Waals surface area contributed by atoms with Crippen molar-refractivity contribution in [2.75, 3.05) is 12.5 Å². The number of hydrogen-bond donors (Lipinski definition) is 2. The van der Waals surface area contributed by atoms with Crippen molar-refractivity contribution in [2.24, 2.45) is 5.10 Å². The Labute approximate surface area is 179 Å². The van der Waals surface area contributed by atoms with E-state index in [9.17, 15) is 4.79 Å². The van der Waals surface area contributed by atoms with E-state index in [1.54, 1.807) is 19.4 Å². The van der Waals surface area contributed by atoms with Gasteiger partial charge in [-0.15, -0.1) is 0 Å². The zero-order valence-electron chi connectivity index (χ0n) is 17.0. The van der Waals surface area contributed by atoms with E-state index in [0.717, 1.165) is 11.1 Å². The monoisotopic (exact) mass is 426 g/mol. The predicted molar refractivity (Wildman–Crippen MR) is 119 cm³/mol. The second-order valence-corrected chi connectivity index (χ2v) is 7.31. The minimum Gasteiger partial charge on any atom is -0.493 e. The number of benzene rings is 2. The molecule has 0 aliphatic heterocycles. The number of methoxy groups -OCH3 is 1. The second kappa shape index (κ2) is 9.93. The Balaban J connectivity index is 1.68. The summed E-state index contributed by atoms with van der Waals surface area (Å²) in [5.41, 5.74) is 4.97. The van der Waals surface area contributed by atoms with Gasteiger partial charge < -0.3 is 9.47 Å². The van der Waals surface area contributed by atoms with Crippen LogP contribution in [-0.2, 0) is 6.61 Å². The van der Waals surface area contributed by atoms with Crippen molar-refractivity contribution in [2.45, 2.75) is 26.4 Å². The largest absolute Gasteiger partial charge is 0.493 e. The van der Waals surface area contributed by atoms with Gasteiger partial charge in [0.05, 0.1) is 19.0 Å². The molecule has 8 heteroatoms. The number of nitrogens with one attached hydrogen (secondary N) is 2. The number of aromatic nitrogens is 2. The van der Waals surface area contributed by atoms with Crippen LogP contribution in [-0.4, -0.2) is 23.3 Å². The molecule has 0 radical (unpaired) electrons. The lowest BCUT2D eigenvalue weighted by Gasteiger charge is -2.11. The quantitative estimate of drug-likeness (QED) is 0.406. The first-order valence-corrected chi connectivity index (χ1v) is 9.78. The summed E-state index contributed by atoms with van der Waals surface area (Å²) in [5.74, 6) is 1.61. The lowest BCUT2D eigenvalue weighted by atomic mass is 10.1. The number of hydrazone groups is 1. The first kappa shape index (κ1) is 21.4. The van der Waals surface area contributed by atoms with Crippen molar-refractivity contribution in [1.29, 1.82) is 0 Å². The highest BCUT2D eigenvalue weighted by Crippen LogP contribution is 2.28. The number of hydrogen-bond acceptors (Lipinski definition) is 6. The lowest BCUT2D eigenvalue weighted by molar-refractivity contribution is 0.284. The Morgan fingerprint density at radius 1 is 1.20 bits per heavy atom. The molecule has 3 rings (SSSR count). The third-order valence-electron chi connectivity index (χ3n) is 4.21. The van der Waals surface area contributed by atoms with Crippen LogP contribution >= 0.6 is 11.6 Å². The van der Waals surface area contributed by atoms with Crippen molar-refractivity contribution in [3.05, 3.63) is 80.7 Å². The standard InChI is InChI=1S/C22H23ClN4O3/c1-14(2)18-11-21(28)26-22(25-18)27-24-12-15-7-8-19(20(10-15)29-3)30-13-16-5-4-6-17(23)9-16/h4-12,14H,13H2,1-3H3,(H2,25,26,27,28)/b24-12-. The summed E-state index contributed by atoms with van der Waals surface area (Å²) >= 11 is 6.01. The summed E-state index contributed by atoms with van der Waals surface area (Å²) in [6.07, 6.45) is 1.60. The van der Waals surface area contributed by atoms with E-state index in [1.807, 2.05) is 50.2 Å². The number of H-pyrrole nitrogens is 1. The van der Waals surface area contributed by atoms with E-state index < -0.39 is 0 Å². The van der Waals surface area contributed by atoms with Crippen LogP contribution in [0.4, 0.5) is 5.95 Å². The van der Waals surface area contributed by atoms with E-state index in [-0.39, 0.29) is 17.4 Å². The SMILES string of the molecule is COc1cc(/C=N\Nc2nc(C(C)C)cc(=O)[nH]2)ccc1OCc1cccc(Cl)c1. The molecule has 0 amide bonds. The third kappa shape index (κ3) is 5.84. The fourth-order valence-corrected chi connectivity index (χ4v) is 2.88. The van der Waals surface area contributed by atoms with Gasteiger partial charge in [0, 0.05) is 11.1 Å². The van der Waals surface area contributed by atoms with Crippen LogP contribution in [0.1, 0.15) is 36.6 Å². The van der Waals surface area contributed by atoms with Gasteiger partial charge in [0.15, 0.2) is 11.5 Å². The molecule has 2 N–H and O–H groups in total. The normalized spacial score (nSPS) is 11.1. The summed E-state index contributed by atoms with van der Waals surface area (Å²) in [5, 5.41) is 4.81. The fourth-order valence-electron chi connectivity index (χ4n) is 2.66. The first-order valence-electron chi connectivity index (χ1n) is 9.40. The van der Waals surface area contributed by atoms with Gasteiger partial charge in [-0.1, -0.05) is 37.6 Å². The molecular formula is C22H23ClN4O3. The molecule has 0 aliphatic rings. The average Bonchev–Trinajstić information content (AvgIpc) is 2.72. The minimum absolute atomic E-state index is 0.139. The first-order chi connectivity index (χ1) is 14.4. The Bertz CT molecular complexity index is 1100. The number of anilines is 1. The zero-order valence-corrected chi connectivity index (χ0v) is 17.7. The fraction of sp³-hybridized carbons (Fsp3) is 0.227. The molecule has 3 aromatic rings. The van der Waals surface area contributed by atoms with Crippen LogP contribution in [0.25, 0.3) is 0 Å². The third-order valence-corrected chi connectivity index (χ3v) is 4.44. The molecule has 0 saturated heterocycles. The molecule has 1 aromatic heterocycles. The van der Waals surface area contributed by atoms with Crippen molar-refractivity contribution in [1.82, 2.24) is 9.97 Å². The van der Waals surface area contributed by atoms with Gasteiger partial charge in [-0.2, -0.15) is 5.10 Å². The number of halogens is 1. The molecule has 1 heterocycles. The Morgan fingerprint density at radius 3 is 2.77 bits per heavy atom. The van der Waals surface area contributed by atoms with E-state index in [2.05, 4.69) is 20.5 Å². The van der Waals surface area contributed by atoms with Crippen molar-refractivity contribution in [3.63, 3.8) is 0 Å². The molecule has 0 fully saturated rings. The van der Waals surface area contributed by atoms with Crippen LogP contribution in [0.3, 0.4) is 0 Å². The number of rotatable bonds is 8. The van der Waals surface area contributed by atoms with Crippen LogP contribution in [0, 0.1) is 0 Å². The van der Waals surface area contributed by atoms with Crippen LogP contribution in [0.15, 0.2) is 58.4 Å². The highest BCUT2D eigenvalue weighted by atomic mass is 35.5. The maximum atomic E-state index is 11.7. The van der Waals surface area contributed by atoms with E-state index in [4.69, 9.17) is 21.1 Å². The molecule has 0 unspecified atom stereocenters. The molecule has 0 bridgehead atoms. The Hall–Kier alpha value is -3.32. The second-order valence-electron chi connectivity index (χ2n) is 6.87. The summed E-state index contributed by atoms with van der Waals surface area (Å²) in [6.45, 7) is 4.31. The molecule has 0 aliphatic carbocycles. The average molecular weight is 427 g/mol. The highest BCUT2D eigenvalue weighted by molar-refractivity contribution is 6.30. The molecule has 7 nitrogen and oxygen atoms in total. The van der Waals surface area contributed by atoms with Crippen molar-refractivity contribution >= 4 is 23.8 Å². The number of aromatic amines is 1. The Morgan fingerprint density at radius 2 is 2.03 bits per heavy atom. The van der Waals surface area contributed by atoms with Crippen LogP contribution < -0.4 is 20.5 Å². The molecule has 0 spiro atoms. The summed E-state index contributed by atoms with van der Waals surface area (Å²) in [4.78, 5) is 18.7. The maximum Gasteiger partial charge on any atom is 0.252 e. The highest BCUT2D eigenvalue weighted by Gasteiger charge is 2.07. The molecular weight excluding hydrogens is 404 g/mol. The smallest absolute Gasteiger partial charge is 0.252 e. The minimum atomic E-state index is -0.228. The van der Waals surface area contributed by atoms with Gasteiger partial charge in [-0.3, -0.25) is 9.78 Å². The number of ether oxygens (including phenoxy) is 2. The predicted octanol–water partition coefficient (Wildman–Crippen LogP) is 4.58. The van der Waals surface area contributed by atoms with Crippen LogP contribution in [0.2, 0.25) is 5.02 Å². The molecule has 0 atom stereocenters. The van der Waals surface area contributed by atoms with Gasteiger partial charge in [-0.05, 0) is 47.4 Å². The van der Waals surface area contributed by atoms with Gasteiger partial charge in [0.1, 0.15) is 6.61 Å². The molecule has 0 saturated carbocycles. The van der Waals surface area contributed by atoms with Gasteiger partial charge in [0.2, 0.25) is 5.95 Å². The number of nitrogens with zero attached hydrogens (tertiary/aromatic N) is 2. The van der Waals surface area contributed by atoms with E-state index >= 15 is 0 Å². The topological polar surface area (TPSA) is 88.6 Å². The lowest BCUT2D eigenvalue weighted by Crippen LogP contribution is -2.12. The Kier molecular flexibility index (Phi) is 7.08. The van der Waals surface area contributed by atoms with E-state index in [1.165, 1.54) is 6.07 Å². The van der Waals surface area contributed by atoms with Crippen molar-refractivity contribution in [3.8, 4) is 11.5 Å². The molecule has 156 valence electrons. The summed E-state index contributed by atoms with van der Waals surface area (Å²) < 4.78 is 11.3. The van der Waals surface area contributed by atoms with Gasteiger partial charge in [-0.25, -0.2) is 10.4 Å². The maximum absolute atomic E-state index is 11.7. The van der Waals surface area contributed by atoms with Gasteiger partial charge >= 0.3 is 0 Å². The van der Waals surface area contributed by atoms with Crippen LogP contribution in [0.5, 0.6) is 11.5 Å². The van der Waals surface area contributed by atoms with Crippen molar-refractivity contribution < 1.29 is 9.47 Å². The zero-order chi connectivity index (χ0) is 21.5. The van der Waals surface area contributed by atoms with E-state index in [0.29, 0.717) is 28.8 Å². The summed E-state index contributed by atoms with van der Waals surface area (Å²) in [6, 6.07) is 14.4. The molecule has 30 heavy (non-hydrogen) atoms. The van der Waals surface area contributed by atoms with Gasteiger partial charge in [0.25, 0.3) is 5.56 Å².